The molecule has 1 aliphatic rings. The lowest BCUT2D eigenvalue weighted by atomic mass is 9.88. The molecule has 31 heavy (non-hydrogen) atoms. The van der Waals surface area contributed by atoms with Gasteiger partial charge in [-0.25, -0.2) is 14.6 Å². The number of esters is 2. The van der Waals surface area contributed by atoms with Crippen LogP contribution in [0.4, 0.5) is 5.00 Å². The van der Waals surface area contributed by atoms with E-state index in [9.17, 15) is 14.4 Å². The van der Waals surface area contributed by atoms with Gasteiger partial charge in [-0.3, -0.25) is 4.79 Å². The second-order valence-corrected chi connectivity index (χ2v) is 8.29. The number of carbonyl (C=O) groups is 3. The Balaban J connectivity index is 1.70. The molecular weight excluding hydrogens is 420 g/mol. The Morgan fingerprint density at radius 2 is 2.00 bits per heavy atom. The second kappa shape index (κ2) is 10.4. The topological polar surface area (TPSA) is 104 Å². The summed E-state index contributed by atoms with van der Waals surface area (Å²) in [7, 11) is 0. The molecule has 1 N–H and O–H groups in total. The molecule has 0 radical (unpaired) electrons. The maximum Gasteiger partial charge on any atom is 0.344 e. The molecular formula is C22H26N2O6S. The largest absolute Gasteiger partial charge is 0.477 e. The van der Waals surface area contributed by atoms with E-state index in [-0.39, 0.29) is 18.1 Å². The van der Waals surface area contributed by atoms with Gasteiger partial charge in [0.25, 0.3) is 5.91 Å². The standard InChI is InChI=1S/C22H26N2O6S/c1-4-28-19-15(7-6-10-23-19)21(26)30-12-17(25)24-20-18(22(27)29-5-2)14-9-8-13(3)11-16(14)31-20/h6-7,10,13H,4-5,8-9,11-12H2,1-3H3,(H,24,25). The highest BCUT2D eigenvalue weighted by Crippen LogP contribution is 2.40. The minimum Gasteiger partial charge on any atom is -0.477 e. The van der Waals surface area contributed by atoms with Crippen LogP contribution >= 0.6 is 11.3 Å². The Bertz CT molecular complexity index is 971. The van der Waals surface area contributed by atoms with Gasteiger partial charge in [-0.2, -0.15) is 0 Å². The van der Waals surface area contributed by atoms with Gasteiger partial charge < -0.3 is 19.5 Å². The molecule has 2 aromatic rings. The van der Waals surface area contributed by atoms with E-state index in [0.717, 1.165) is 29.7 Å². The molecule has 0 aromatic carbocycles. The molecule has 0 fully saturated rings. The van der Waals surface area contributed by atoms with Crippen LogP contribution in [0.5, 0.6) is 5.88 Å². The lowest BCUT2D eigenvalue weighted by Gasteiger charge is -2.18. The lowest BCUT2D eigenvalue weighted by Crippen LogP contribution is -2.22. The van der Waals surface area contributed by atoms with Gasteiger partial charge in [-0.05, 0) is 56.7 Å². The Morgan fingerprint density at radius 3 is 2.74 bits per heavy atom. The van der Waals surface area contributed by atoms with Crippen molar-refractivity contribution in [3.63, 3.8) is 0 Å². The van der Waals surface area contributed by atoms with E-state index in [1.165, 1.54) is 23.6 Å². The number of carbonyl (C=O) groups excluding carboxylic acids is 3. The third kappa shape index (κ3) is 5.41. The lowest BCUT2D eigenvalue weighted by molar-refractivity contribution is -0.119. The number of fused-ring (bicyclic) bond motifs is 1. The van der Waals surface area contributed by atoms with Crippen molar-refractivity contribution >= 4 is 34.2 Å². The molecule has 1 unspecified atom stereocenters. The first kappa shape index (κ1) is 22.7. The van der Waals surface area contributed by atoms with Crippen molar-refractivity contribution in [3.8, 4) is 5.88 Å². The van der Waals surface area contributed by atoms with Gasteiger partial charge in [-0.1, -0.05) is 6.92 Å². The van der Waals surface area contributed by atoms with E-state index in [1.807, 2.05) is 0 Å². The average Bonchev–Trinajstić information content (AvgIpc) is 3.09. The van der Waals surface area contributed by atoms with Crippen molar-refractivity contribution in [2.24, 2.45) is 5.92 Å². The fraction of sp³-hybridized carbons (Fsp3) is 0.455. The molecule has 1 aliphatic carbocycles. The van der Waals surface area contributed by atoms with Gasteiger partial charge in [0.05, 0.1) is 18.8 Å². The number of hydrogen-bond acceptors (Lipinski definition) is 8. The van der Waals surface area contributed by atoms with Gasteiger partial charge in [0.1, 0.15) is 10.6 Å². The van der Waals surface area contributed by atoms with Crippen LogP contribution in [0.25, 0.3) is 0 Å². The molecule has 0 aliphatic heterocycles. The Morgan fingerprint density at radius 1 is 1.19 bits per heavy atom. The maximum atomic E-state index is 12.5. The highest BCUT2D eigenvalue weighted by molar-refractivity contribution is 7.17. The number of ether oxygens (including phenoxy) is 3. The number of pyridine rings is 1. The van der Waals surface area contributed by atoms with E-state index >= 15 is 0 Å². The van der Waals surface area contributed by atoms with Crippen LogP contribution in [0.1, 0.15) is 58.3 Å². The average molecular weight is 447 g/mol. The predicted molar refractivity (Wildman–Crippen MR) is 116 cm³/mol. The summed E-state index contributed by atoms with van der Waals surface area (Å²) in [5.74, 6) is -1.02. The van der Waals surface area contributed by atoms with E-state index in [4.69, 9.17) is 14.2 Å². The van der Waals surface area contributed by atoms with Crippen LogP contribution in [0, 0.1) is 5.92 Å². The van der Waals surface area contributed by atoms with Crippen molar-refractivity contribution in [1.82, 2.24) is 4.98 Å². The van der Waals surface area contributed by atoms with Gasteiger partial charge in [0.15, 0.2) is 6.61 Å². The first-order chi connectivity index (χ1) is 14.9. The quantitative estimate of drug-likeness (QED) is 0.618. The van der Waals surface area contributed by atoms with Gasteiger partial charge in [-0.15, -0.1) is 11.3 Å². The number of rotatable bonds is 8. The number of nitrogens with zero attached hydrogens (tertiary/aromatic N) is 1. The van der Waals surface area contributed by atoms with Crippen LogP contribution in [0.3, 0.4) is 0 Å². The number of aromatic nitrogens is 1. The smallest absolute Gasteiger partial charge is 0.344 e. The molecule has 2 heterocycles. The molecule has 0 bridgehead atoms. The fourth-order valence-electron chi connectivity index (χ4n) is 3.43. The Labute approximate surface area is 184 Å². The number of anilines is 1. The third-order valence-electron chi connectivity index (χ3n) is 4.85. The third-order valence-corrected chi connectivity index (χ3v) is 6.02. The number of amides is 1. The summed E-state index contributed by atoms with van der Waals surface area (Å²) in [4.78, 5) is 42.5. The zero-order valence-electron chi connectivity index (χ0n) is 17.9. The van der Waals surface area contributed by atoms with Gasteiger partial charge >= 0.3 is 11.9 Å². The molecule has 2 aromatic heterocycles. The van der Waals surface area contributed by atoms with Crippen LogP contribution < -0.4 is 10.1 Å². The summed E-state index contributed by atoms with van der Waals surface area (Å²) in [6.45, 7) is 5.78. The molecule has 0 saturated heterocycles. The highest BCUT2D eigenvalue weighted by Gasteiger charge is 2.29. The molecule has 8 nitrogen and oxygen atoms in total. The number of hydrogen-bond donors (Lipinski definition) is 1. The van der Waals surface area contributed by atoms with Crippen molar-refractivity contribution < 1.29 is 28.6 Å². The van der Waals surface area contributed by atoms with Crippen LogP contribution in [-0.4, -0.2) is 42.7 Å². The summed E-state index contributed by atoms with van der Waals surface area (Å²) >= 11 is 1.38. The van der Waals surface area contributed by atoms with E-state index < -0.39 is 24.5 Å². The minimum absolute atomic E-state index is 0.143. The Hall–Kier alpha value is -2.94. The first-order valence-electron chi connectivity index (χ1n) is 10.3. The molecule has 1 atom stereocenters. The van der Waals surface area contributed by atoms with Crippen LogP contribution in [0.2, 0.25) is 0 Å². The van der Waals surface area contributed by atoms with E-state index in [2.05, 4.69) is 17.2 Å². The Kier molecular flexibility index (Phi) is 7.62. The van der Waals surface area contributed by atoms with E-state index in [1.54, 1.807) is 19.9 Å². The fourth-order valence-corrected chi connectivity index (χ4v) is 4.84. The van der Waals surface area contributed by atoms with Crippen molar-refractivity contribution in [1.29, 1.82) is 0 Å². The second-order valence-electron chi connectivity index (χ2n) is 7.19. The molecule has 0 saturated carbocycles. The first-order valence-corrected chi connectivity index (χ1v) is 11.1. The molecule has 1 amide bonds. The van der Waals surface area contributed by atoms with Crippen LogP contribution in [0.15, 0.2) is 18.3 Å². The van der Waals surface area contributed by atoms with Gasteiger partial charge in [0, 0.05) is 11.1 Å². The summed E-state index contributed by atoms with van der Waals surface area (Å²) in [6, 6.07) is 3.10. The van der Waals surface area contributed by atoms with Crippen molar-refractivity contribution in [3.05, 3.63) is 39.9 Å². The normalized spacial score (nSPS) is 15.0. The molecule has 166 valence electrons. The van der Waals surface area contributed by atoms with Crippen molar-refractivity contribution in [2.75, 3.05) is 25.1 Å². The summed E-state index contributed by atoms with van der Waals surface area (Å²) in [5, 5.41) is 3.16. The SMILES string of the molecule is CCOC(=O)c1c(NC(=O)COC(=O)c2cccnc2OCC)sc2c1CCC(C)C2. The zero-order chi connectivity index (χ0) is 22.4. The number of nitrogens with one attached hydrogen (secondary N) is 1. The molecule has 9 heteroatoms. The summed E-state index contributed by atoms with van der Waals surface area (Å²) in [5.41, 5.74) is 1.51. The van der Waals surface area contributed by atoms with Gasteiger partial charge in [0.2, 0.25) is 5.88 Å². The van der Waals surface area contributed by atoms with Crippen molar-refractivity contribution in [2.45, 2.75) is 40.0 Å². The predicted octanol–water partition coefficient (Wildman–Crippen LogP) is 3.64. The maximum absolute atomic E-state index is 12.5. The highest BCUT2D eigenvalue weighted by atomic mass is 32.1. The zero-order valence-corrected chi connectivity index (χ0v) is 18.7. The monoisotopic (exact) mass is 446 g/mol. The molecule has 0 spiro atoms. The molecule has 3 rings (SSSR count). The van der Waals surface area contributed by atoms with Crippen LogP contribution in [-0.2, 0) is 27.1 Å². The van der Waals surface area contributed by atoms with E-state index in [0.29, 0.717) is 23.1 Å². The minimum atomic E-state index is -0.711. The number of thiophene rings is 1. The summed E-state index contributed by atoms with van der Waals surface area (Å²) in [6.07, 6.45) is 4.12. The summed E-state index contributed by atoms with van der Waals surface area (Å²) < 4.78 is 15.7.